The number of amides is 2. The van der Waals surface area contributed by atoms with Crippen LogP contribution >= 0.6 is 11.6 Å². The van der Waals surface area contributed by atoms with E-state index >= 15 is 0 Å². The maximum atomic E-state index is 12.7. The van der Waals surface area contributed by atoms with Crippen LogP contribution in [-0.4, -0.2) is 34.7 Å². The van der Waals surface area contributed by atoms with Crippen LogP contribution in [0.5, 0.6) is 5.75 Å². The standard InChI is InChI=1S/C20H19ClN4O3/c1-27-16-10-4-13(5-11-16)18-23-19(28-24-18)17-3-2-12-25(17)20(26)22-15-8-6-14(21)7-9-15/h4-11,17H,2-3,12H2,1H3,(H,22,26)/t17-/m1/s1. The molecule has 4 rings (SSSR count). The second-order valence-electron chi connectivity index (χ2n) is 6.47. The molecule has 1 aliphatic rings. The van der Waals surface area contributed by atoms with E-state index in [9.17, 15) is 4.79 Å². The van der Waals surface area contributed by atoms with Gasteiger partial charge in [-0.25, -0.2) is 4.79 Å². The molecule has 0 bridgehead atoms. The molecule has 2 amide bonds. The van der Waals surface area contributed by atoms with Crippen molar-refractivity contribution in [1.29, 1.82) is 0 Å². The van der Waals surface area contributed by atoms with Crippen molar-refractivity contribution in [3.8, 4) is 17.1 Å². The number of methoxy groups -OCH3 is 1. The molecule has 1 aromatic heterocycles. The number of aromatic nitrogens is 2. The zero-order chi connectivity index (χ0) is 19.5. The van der Waals surface area contributed by atoms with E-state index in [1.54, 1.807) is 36.3 Å². The summed E-state index contributed by atoms with van der Waals surface area (Å²) in [5.74, 6) is 1.69. The van der Waals surface area contributed by atoms with Crippen molar-refractivity contribution in [3.05, 3.63) is 59.4 Å². The molecule has 2 aromatic carbocycles. The molecule has 1 atom stereocenters. The second-order valence-corrected chi connectivity index (χ2v) is 6.91. The van der Waals surface area contributed by atoms with Crippen molar-refractivity contribution in [2.45, 2.75) is 18.9 Å². The van der Waals surface area contributed by atoms with Crippen LogP contribution in [0, 0.1) is 0 Å². The Morgan fingerprint density at radius 2 is 1.96 bits per heavy atom. The fourth-order valence-electron chi connectivity index (χ4n) is 3.22. The van der Waals surface area contributed by atoms with Crippen LogP contribution in [0.1, 0.15) is 24.8 Å². The van der Waals surface area contributed by atoms with Crippen molar-refractivity contribution in [3.63, 3.8) is 0 Å². The summed E-state index contributed by atoms with van der Waals surface area (Å²) in [5.41, 5.74) is 1.51. The van der Waals surface area contributed by atoms with E-state index in [0.717, 1.165) is 24.2 Å². The molecule has 1 N–H and O–H groups in total. The predicted molar refractivity (Wildman–Crippen MR) is 105 cm³/mol. The highest BCUT2D eigenvalue weighted by atomic mass is 35.5. The van der Waals surface area contributed by atoms with Crippen molar-refractivity contribution in [2.75, 3.05) is 19.0 Å². The number of hydrogen-bond acceptors (Lipinski definition) is 5. The number of nitrogens with zero attached hydrogens (tertiary/aromatic N) is 3. The number of hydrogen-bond donors (Lipinski definition) is 1. The lowest BCUT2D eigenvalue weighted by Crippen LogP contribution is -2.34. The molecule has 28 heavy (non-hydrogen) atoms. The summed E-state index contributed by atoms with van der Waals surface area (Å²) in [5, 5.41) is 7.58. The highest BCUT2D eigenvalue weighted by molar-refractivity contribution is 6.30. The Labute approximate surface area is 167 Å². The minimum absolute atomic E-state index is 0.200. The first kappa shape index (κ1) is 18.3. The number of likely N-dealkylation sites (tertiary alicyclic amines) is 1. The molecule has 1 fully saturated rings. The van der Waals surface area contributed by atoms with E-state index in [0.29, 0.717) is 29.0 Å². The van der Waals surface area contributed by atoms with E-state index in [-0.39, 0.29) is 12.1 Å². The van der Waals surface area contributed by atoms with Gasteiger partial charge in [-0.3, -0.25) is 0 Å². The largest absolute Gasteiger partial charge is 0.497 e. The molecule has 1 saturated heterocycles. The molecule has 2 heterocycles. The van der Waals surface area contributed by atoms with Gasteiger partial charge < -0.3 is 19.5 Å². The smallest absolute Gasteiger partial charge is 0.322 e. The first-order chi connectivity index (χ1) is 13.6. The van der Waals surface area contributed by atoms with Gasteiger partial charge in [-0.1, -0.05) is 16.8 Å². The summed E-state index contributed by atoms with van der Waals surface area (Å²) < 4.78 is 10.6. The molecule has 0 aliphatic carbocycles. The van der Waals surface area contributed by atoms with Gasteiger partial charge in [0.15, 0.2) is 0 Å². The van der Waals surface area contributed by atoms with Crippen LogP contribution in [0.2, 0.25) is 5.02 Å². The van der Waals surface area contributed by atoms with E-state index in [1.165, 1.54) is 0 Å². The normalized spacial score (nSPS) is 16.2. The number of halogens is 1. The third-order valence-electron chi connectivity index (χ3n) is 4.68. The summed E-state index contributed by atoms with van der Waals surface area (Å²) in [6, 6.07) is 14.0. The molecular weight excluding hydrogens is 380 g/mol. The number of benzene rings is 2. The Kier molecular flexibility index (Phi) is 5.16. The lowest BCUT2D eigenvalue weighted by molar-refractivity contribution is 0.193. The van der Waals surface area contributed by atoms with Crippen LogP contribution < -0.4 is 10.1 Å². The van der Waals surface area contributed by atoms with Crippen LogP contribution in [0.3, 0.4) is 0 Å². The minimum Gasteiger partial charge on any atom is -0.497 e. The molecule has 144 valence electrons. The van der Waals surface area contributed by atoms with Gasteiger partial charge in [0.1, 0.15) is 11.8 Å². The monoisotopic (exact) mass is 398 g/mol. The quantitative estimate of drug-likeness (QED) is 0.684. The number of anilines is 1. The molecular formula is C20H19ClN4O3. The Morgan fingerprint density at radius 1 is 1.21 bits per heavy atom. The van der Waals surface area contributed by atoms with E-state index < -0.39 is 0 Å². The zero-order valence-corrected chi connectivity index (χ0v) is 16.0. The fraction of sp³-hybridized carbons (Fsp3) is 0.250. The average molecular weight is 399 g/mol. The van der Waals surface area contributed by atoms with Crippen LogP contribution in [-0.2, 0) is 0 Å². The van der Waals surface area contributed by atoms with E-state index in [1.807, 2.05) is 24.3 Å². The summed E-state index contributed by atoms with van der Waals surface area (Å²) in [7, 11) is 1.62. The molecule has 0 unspecified atom stereocenters. The van der Waals surface area contributed by atoms with Gasteiger partial charge in [-0.15, -0.1) is 0 Å². The van der Waals surface area contributed by atoms with Crippen LogP contribution in [0.25, 0.3) is 11.4 Å². The zero-order valence-electron chi connectivity index (χ0n) is 15.3. The summed E-state index contributed by atoms with van der Waals surface area (Å²) >= 11 is 5.89. The van der Waals surface area contributed by atoms with Gasteiger partial charge in [-0.05, 0) is 61.4 Å². The Balaban J connectivity index is 1.49. The lowest BCUT2D eigenvalue weighted by Gasteiger charge is -2.22. The second kappa shape index (κ2) is 7.90. The van der Waals surface area contributed by atoms with Gasteiger partial charge in [-0.2, -0.15) is 4.98 Å². The fourth-order valence-corrected chi connectivity index (χ4v) is 3.35. The first-order valence-electron chi connectivity index (χ1n) is 8.95. The van der Waals surface area contributed by atoms with Gasteiger partial charge >= 0.3 is 6.03 Å². The van der Waals surface area contributed by atoms with Crippen molar-refractivity contribution in [1.82, 2.24) is 15.0 Å². The molecule has 0 saturated carbocycles. The average Bonchev–Trinajstić information content (AvgIpc) is 3.39. The number of rotatable bonds is 4. The van der Waals surface area contributed by atoms with Crippen molar-refractivity contribution in [2.24, 2.45) is 0 Å². The maximum absolute atomic E-state index is 12.7. The third-order valence-corrected chi connectivity index (χ3v) is 4.94. The molecule has 8 heteroatoms. The molecule has 0 radical (unpaired) electrons. The van der Waals surface area contributed by atoms with Crippen molar-refractivity contribution < 1.29 is 14.1 Å². The van der Waals surface area contributed by atoms with Gasteiger partial charge in [0, 0.05) is 22.8 Å². The van der Waals surface area contributed by atoms with E-state index in [4.69, 9.17) is 20.9 Å². The van der Waals surface area contributed by atoms with Gasteiger partial charge in [0.05, 0.1) is 7.11 Å². The maximum Gasteiger partial charge on any atom is 0.322 e. The van der Waals surface area contributed by atoms with Gasteiger partial charge in [0.2, 0.25) is 11.7 Å². The molecule has 0 spiro atoms. The Hall–Kier alpha value is -3.06. The van der Waals surface area contributed by atoms with E-state index in [2.05, 4.69) is 15.5 Å². The molecule has 3 aromatic rings. The predicted octanol–water partition coefficient (Wildman–Crippen LogP) is 4.77. The number of nitrogens with one attached hydrogen (secondary N) is 1. The minimum atomic E-state index is -0.244. The lowest BCUT2D eigenvalue weighted by atomic mass is 10.2. The molecule has 7 nitrogen and oxygen atoms in total. The van der Waals surface area contributed by atoms with Crippen LogP contribution in [0.15, 0.2) is 53.1 Å². The number of urea groups is 1. The number of carbonyl (C=O) groups excluding carboxylic acids is 1. The SMILES string of the molecule is COc1ccc(-c2noc([C@H]3CCCN3C(=O)Nc3ccc(Cl)cc3)n2)cc1. The highest BCUT2D eigenvalue weighted by Gasteiger charge is 2.34. The Morgan fingerprint density at radius 3 is 2.68 bits per heavy atom. The number of ether oxygens (including phenoxy) is 1. The van der Waals surface area contributed by atoms with Crippen LogP contribution in [0.4, 0.5) is 10.5 Å². The topological polar surface area (TPSA) is 80.5 Å². The van der Waals surface area contributed by atoms with Gasteiger partial charge in [0.25, 0.3) is 0 Å². The highest BCUT2D eigenvalue weighted by Crippen LogP contribution is 2.32. The summed E-state index contributed by atoms with van der Waals surface area (Å²) in [4.78, 5) is 18.9. The summed E-state index contributed by atoms with van der Waals surface area (Å²) in [6.45, 7) is 0.629. The third kappa shape index (κ3) is 3.80. The van der Waals surface area contributed by atoms with Crippen molar-refractivity contribution >= 4 is 23.3 Å². The molecule has 1 aliphatic heterocycles. The summed E-state index contributed by atoms with van der Waals surface area (Å²) in [6.07, 6.45) is 1.65. The first-order valence-corrected chi connectivity index (χ1v) is 9.33. The Bertz CT molecular complexity index is 956. The number of carbonyl (C=O) groups is 1.